The molecule has 2 rings (SSSR count). The lowest BCUT2D eigenvalue weighted by Crippen LogP contribution is -2.35. The monoisotopic (exact) mass is 280 g/mol. The highest BCUT2D eigenvalue weighted by atomic mass is 32.1. The van der Waals surface area contributed by atoms with Crippen molar-refractivity contribution in [2.75, 3.05) is 5.32 Å². The van der Waals surface area contributed by atoms with E-state index in [1.807, 2.05) is 0 Å². The number of hydrogen-bond donors (Lipinski definition) is 1. The topological polar surface area (TPSA) is 24.9 Å². The number of nitrogens with zero attached hydrogens (tertiary/aromatic N) is 1. The third-order valence-electron chi connectivity index (χ3n) is 2.77. The Hall–Kier alpha value is -1.16. The van der Waals surface area contributed by atoms with Gasteiger partial charge >= 0.3 is 0 Å². The van der Waals surface area contributed by atoms with Crippen molar-refractivity contribution in [1.29, 1.82) is 0 Å². The van der Waals surface area contributed by atoms with E-state index in [9.17, 15) is 4.39 Å². The minimum atomic E-state index is -0.211. The Labute approximate surface area is 118 Å². The van der Waals surface area contributed by atoms with Gasteiger partial charge in [0.15, 0.2) is 5.13 Å². The molecule has 1 aromatic carbocycles. The number of benzene rings is 1. The summed E-state index contributed by atoms with van der Waals surface area (Å²) in [4.78, 5) is 4.51. The first-order valence-electron chi connectivity index (χ1n) is 6.49. The van der Waals surface area contributed by atoms with Crippen molar-refractivity contribution in [3.8, 4) is 0 Å². The molecule has 0 fully saturated rings. The van der Waals surface area contributed by atoms with E-state index in [2.05, 4.69) is 44.9 Å². The molecule has 19 heavy (non-hydrogen) atoms. The zero-order chi connectivity index (χ0) is 14.3. The maximum absolute atomic E-state index is 13.2. The molecule has 0 aliphatic heterocycles. The smallest absolute Gasteiger partial charge is 0.184 e. The highest BCUT2D eigenvalue weighted by molar-refractivity contribution is 7.22. The summed E-state index contributed by atoms with van der Waals surface area (Å²) in [5.74, 6) is -0.211. The van der Waals surface area contributed by atoms with Gasteiger partial charge in [-0.25, -0.2) is 9.37 Å². The van der Waals surface area contributed by atoms with Gasteiger partial charge in [0.25, 0.3) is 0 Å². The molecule has 0 saturated carbocycles. The number of anilines is 1. The van der Waals surface area contributed by atoms with Crippen LogP contribution in [0.2, 0.25) is 0 Å². The Morgan fingerprint density at radius 2 is 1.89 bits per heavy atom. The number of nitrogens with one attached hydrogen (secondary N) is 1. The fraction of sp³-hybridized carbons (Fsp3) is 0.533. The molecule has 0 aliphatic carbocycles. The van der Waals surface area contributed by atoms with E-state index in [0.29, 0.717) is 0 Å². The fourth-order valence-corrected chi connectivity index (χ4v) is 3.68. The fourth-order valence-electron chi connectivity index (χ4n) is 2.61. The first-order valence-corrected chi connectivity index (χ1v) is 7.31. The van der Waals surface area contributed by atoms with Crippen molar-refractivity contribution in [1.82, 2.24) is 4.98 Å². The van der Waals surface area contributed by atoms with E-state index in [-0.39, 0.29) is 16.8 Å². The second-order valence-electron chi connectivity index (χ2n) is 6.88. The first-order chi connectivity index (χ1) is 8.65. The molecule has 1 aromatic heterocycles. The van der Waals surface area contributed by atoms with Crippen LogP contribution in [0.15, 0.2) is 18.2 Å². The molecule has 0 unspecified atom stereocenters. The molecule has 2 aromatic rings. The maximum Gasteiger partial charge on any atom is 0.184 e. The SMILES string of the molecule is CC(C)(C)CC(C)(C)Nc1nc2ccc(F)cc2s1. The Morgan fingerprint density at radius 1 is 1.21 bits per heavy atom. The van der Waals surface area contributed by atoms with Crippen LogP contribution in [0.5, 0.6) is 0 Å². The van der Waals surface area contributed by atoms with Crippen molar-refractivity contribution in [2.45, 2.75) is 46.6 Å². The van der Waals surface area contributed by atoms with Gasteiger partial charge in [0.1, 0.15) is 5.82 Å². The van der Waals surface area contributed by atoms with Crippen LogP contribution >= 0.6 is 11.3 Å². The van der Waals surface area contributed by atoms with Crippen LogP contribution in [0.1, 0.15) is 41.0 Å². The summed E-state index contributed by atoms with van der Waals surface area (Å²) < 4.78 is 14.0. The van der Waals surface area contributed by atoms with Gasteiger partial charge in [0.05, 0.1) is 10.2 Å². The molecule has 2 nitrogen and oxygen atoms in total. The molecule has 0 radical (unpaired) electrons. The zero-order valence-corrected chi connectivity index (χ0v) is 13.0. The van der Waals surface area contributed by atoms with Gasteiger partial charge in [0, 0.05) is 5.54 Å². The van der Waals surface area contributed by atoms with Crippen LogP contribution in [0.3, 0.4) is 0 Å². The summed E-state index contributed by atoms with van der Waals surface area (Å²) in [5, 5.41) is 4.33. The molecule has 0 amide bonds. The summed E-state index contributed by atoms with van der Waals surface area (Å²) in [6.45, 7) is 11.0. The molecule has 0 saturated heterocycles. The van der Waals surface area contributed by atoms with Crippen molar-refractivity contribution >= 4 is 26.7 Å². The molecular weight excluding hydrogens is 259 g/mol. The molecule has 0 spiro atoms. The van der Waals surface area contributed by atoms with Gasteiger partial charge in [-0.3, -0.25) is 0 Å². The standard InChI is InChI=1S/C15H21FN2S/c1-14(2,3)9-15(4,5)18-13-17-11-7-6-10(16)8-12(11)19-13/h6-8H,9H2,1-5H3,(H,17,18). The van der Waals surface area contributed by atoms with Crippen molar-refractivity contribution in [2.24, 2.45) is 5.41 Å². The van der Waals surface area contributed by atoms with Gasteiger partial charge in [0.2, 0.25) is 0 Å². The molecule has 1 heterocycles. The molecule has 1 N–H and O–H groups in total. The molecule has 0 atom stereocenters. The molecule has 104 valence electrons. The van der Waals surface area contributed by atoms with Crippen molar-refractivity contribution < 1.29 is 4.39 Å². The van der Waals surface area contributed by atoms with E-state index >= 15 is 0 Å². The zero-order valence-electron chi connectivity index (χ0n) is 12.2. The predicted molar refractivity (Wildman–Crippen MR) is 81.4 cm³/mol. The maximum atomic E-state index is 13.2. The third kappa shape index (κ3) is 3.90. The minimum absolute atomic E-state index is 0.0370. The average molecular weight is 280 g/mol. The van der Waals surface area contributed by atoms with Gasteiger partial charge in [-0.2, -0.15) is 0 Å². The Morgan fingerprint density at radius 3 is 2.53 bits per heavy atom. The summed E-state index contributed by atoms with van der Waals surface area (Å²) in [6.07, 6.45) is 1.03. The quantitative estimate of drug-likeness (QED) is 0.849. The minimum Gasteiger partial charge on any atom is -0.357 e. The molecule has 4 heteroatoms. The normalized spacial score (nSPS) is 12.9. The number of hydrogen-bond acceptors (Lipinski definition) is 3. The lowest BCUT2D eigenvalue weighted by Gasteiger charge is -2.33. The second-order valence-corrected chi connectivity index (χ2v) is 7.91. The van der Waals surface area contributed by atoms with E-state index in [0.717, 1.165) is 21.8 Å². The third-order valence-corrected chi connectivity index (χ3v) is 3.70. The van der Waals surface area contributed by atoms with Gasteiger partial charge in [-0.1, -0.05) is 32.1 Å². The summed E-state index contributed by atoms with van der Waals surface area (Å²) in [6, 6.07) is 4.71. The highest BCUT2D eigenvalue weighted by Gasteiger charge is 2.26. The molecular formula is C15H21FN2S. The largest absolute Gasteiger partial charge is 0.357 e. The molecule has 0 bridgehead atoms. The van der Waals surface area contributed by atoms with Crippen LogP contribution in [-0.4, -0.2) is 10.5 Å². The average Bonchev–Trinajstić information content (AvgIpc) is 2.53. The van der Waals surface area contributed by atoms with Gasteiger partial charge < -0.3 is 5.32 Å². The van der Waals surface area contributed by atoms with E-state index in [1.54, 1.807) is 6.07 Å². The van der Waals surface area contributed by atoms with Gasteiger partial charge in [-0.05, 0) is 43.9 Å². The van der Waals surface area contributed by atoms with Crippen LogP contribution < -0.4 is 5.32 Å². The lowest BCUT2D eigenvalue weighted by molar-refractivity contribution is 0.302. The van der Waals surface area contributed by atoms with E-state index in [4.69, 9.17) is 0 Å². The Balaban J connectivity index is 2.21. The van der Waals surface area contributed by atoms with Crippen molar-refractivity contribution in [3.63, 3.8) is 0 Å². The highest BCUT2D eigenvalue weighted by Crippen LogP contribution is 2.33. The van der Waals surface area contributed by atoms with E-state index < -0.39 is 0 Å². The summed E-state index contributed by atoms with van der Waals surface area (Å²) >= 11 is 1.50. The molecule has 0 aliphatic rings. The van der Waals surface area contributed by atoms with E-state index in [1.165, 1.54) is 23.5 Å². The van der Waals surface area contributed by atoms with Crippen LogP contribution in [0, 0.1) is 11.2 Å². The Bertz CT molecular complexity index is 581. The van der Waals surface area contributed by atoms with Gasteiger partial charge in [-0.15, -0.1) is 0 Å². The summed E-state index contributed by atoms with van der Waals surface area (Å²) in [7, 11) is 0. The van der Waals surface area contributed by atoms with Crippen LogP contribution in [0.4, 0.5) is 9.52 Å². The summed E-state index contributed by atoms with van der Waals surface area (Å²) in [5.41, 5.74) is 1.06. The van der Waals surface area contributed by atoms with Crippen LogP contribution in [0.25, 0.3) is 10.2 Å². The number of thiazole rings is 1. The second kappa shape index (κ2) is 4.75. The number of rotatable bonds is 3. The first kappa shape index (κ1) is 14.3. The lowest BCUT2D eigenvalue weighted by atomic mass is 9.82. The van der Waals surface area contributed by atoms with Crippen LogP contribution in [-0.2, 0) is 0 Å². The predicted octanol–water partition coefficient (Wildman–Crippen LogP) is 5.06. The number of fused-ring (bicyclic) bond motifs is 1. The Kier molecular flexibility index (Phi) is 3.56. The number of halogens is 1. The van der Waals surface area contributed by atoms with Crippen molar-refractivity contribution in [3.05, 3.63) is 24.0 Å². The number of aromatic nitrogens is 1.